The monoisotopic (exact) mass is 242 g/mol. The van der Waals surface area contributed by atoms with Crippen molar-refractivity contribution in [1.29, 1.82) is 0 Å². The number of halogens is 2. The zero-order chi connectivity index (χ0) is 12.3. The SMILES string of the molecule is COc1cc(F)c(CNC2CCNC2)cc1F. The van der Waals surface area contributed by atoms with Crippen LogP contribution in [0.1, 0.15) is 12.0 Å². The van der Waals surface area contributed by atoms with E-state index in [-0.39, 0.29) is 5.75 Å². The molecule has 0 amide bonds. The second-order valence-corrected chi connectivity index (χ2v) is 4.15. The van der Waals surface area contributed by atoms with E-state index in [4.69, 9.17) is 4.74 Å². The van der Waals surface area contributed by atoms with Gasteiger partial charge in [-0.25, -0.2) is 8.78 Å². The molecule has 1 saturated heterocycles. The molecule has 5 heteroatoms. The van der Waals surface area contributed by atoms with Crippen LogP contribution in [0.2, 0.25) is 0 Å². The van der Waals surface area contributed by atoms with Crippen LogP contribution in [0.15, 0.2) is 12.1 Å². The quantitative estimate of drug-likeness (QED) is 0.838. The lowest BCUT2D eigenvalue weighted by Gasteiger charge is -2.12. The second-order valence-electron chi connectivity index (χ2n) is 4.15. The van der Waals surface area contributed by atoms with Crippen molar-refractivity contribution in [3.8, 4) is 5.75 Å². The molecule has 2 rings (SSSR count). The molecule has 94 valence electrons. The summed E-state index contributed by atoms with van der Waals surface area (Å²) in [6.07, 6.45) is 1.01. The second kappa shape index (κ2) is 5.42. The van der Waals surface area contributed by atoms with Gasteiger partial charge in [0, 0.05) is 30.8 Å². The summed E-state index contributed by atoms with van der Waals surface area (Å²) in [5.74, 6) is -1.04. The average molecular weight is 242 g/mol. The highest BCUT2D eigenvalue weighted by molar-refractivity contribution is 5.30. The molecule has 2 N–H and O–H groups in total. The maximum absolute atomic E-state index is 13.6. The molecular formula is C12H16F2N2O. The number of benzene rings is 1. The minimum atomic E-state index is -0.532. The fourth-order valence-electron chi connectivity index (χ4n) is 1.94. The molecule has 0 saturated carbocycles. The third kappa shape index (κ3) is 2.92. The molecule has 17 heavy (non-hydrogen) atoms. The van der Waals surface area contributed by atoms with E-state index in [1.807, 2.05) is 0 Å². The zero-order valence-corrected chi connectivity index (χ0v) is 9.72. The van der Waals surface area contributed by atoms with E-state index in [2.05, 4.69) is 10.6 Å². The maximum atomic E-state index is 13.6. The first kappa shape index (κ1) is 12.3. The van der Waals surface area contributed by atoms with Crippen molar-refractivity contribution in [1.82, 2.24) is 10.6 Å². The van der Waals surface area contributed by atoms with E-state index < -0.39 is 11.6 Å². The Morgan fingerprint density at radius 2 is 2.24 bits per heavy atom. The summed E-state index contributed by atoms with van der Waals surface area (Å²) < 4.78 is 31.7. The molecule has 1 atom stereocenters. The van der Waals surface area contributed by atoms with Gasteiger partial charge in [-0.2, -0.15) is 0 Å². The van der Waals surface area contributed by atoms with Crippen LogP contribution in [0, 0.1) is 11.6 Å². The first-order chi connectivity index (χ1) is 8.20. The van der Waals surface area contributed by atoms with Crippen LogP contribution < -0.4 is 15.4 Å². The molecule has 0 radical (unpaired) electrons. The lowest BCUT2D eigenvalue weighted by Crippen LogP contribution is -2.30. The van der Waals surface area contributed by atoms with E-state index in [0.717, 1.165) is 25.6 Å². The van der Waals surface area contributed by atoms with Crippen LogP contribution in [0.3, 0.4) is 0 Å². The highest BCUT2D eigenvalue weighted by atomic mass is 19.1. The zero-order valence-electron chi connectivity index (χ0n) is 9.72. The van der Waals surface area contributed by atoms with Gasteiger partial charge in [0.05, 0.1) is 7.11 Å². The molecule has 1 aliphatic heterocycles. The van der Waals surface area contributed by atoms with Crippen molar-refractivity contribution in [3.05, 3.63) is 29.3 Å². The summed E-state index contributed by atoms with van der Waals surface area (Å²) in [6, 6.07) is 2.60. The largest absolute Gasteiger partial charge is 0.494 e. The lowest BCUT2D eigenvalue weighted by molar-refractivity contribution is 0.381. The minimum absolute atomic E-state index is 0.0613. The molecule has 3 nitrogen and oxygen atoms in total. The van der Waals surface area contributed by atoms with Gasteiger partial charge in [0.2, 0.25) is 0 Å². The highest BCUT2D eigenvalue weighted by Gasteiger charge is 2.15. The third-order valence-electron chi connectivity index (χ3n) is 2.96. The normalized spacial score (nSPS) is 19.6. The Kier molecular flexibility index (Phi) is 3.91. The molecule has 0 spiro atoms. The van der Waals surface area contributed by atoms with Crippen LogP contribution in [0.5, 0.6) is 5.75 Å². The molecule has 1 aromatic rings. The van der Waals surface area contributed by atoms with Gasteiger partial charge in [0.25, 0.3) is 0 Å². The molecule has 1 unspecified atom stereocenters. The Morgan fingerprint density at radius 3 is 2.88 bits per heavy atom. The Hall–Kier alpha value is -1.20. The fraction of sp³-hybridized carbons (Fsp3) is 0.500. The van der Waals surface area contributed by atoms with Crippen molar-refractivity contribution in [3.63, 3.8) is 0 Å². The summed E-state index contributed by atoms with van der Waals surface area (Å²) in [7, 11) is 1.32. The van der Waals surface area contributed by atoms with Gasteiger partial charge in [-0.3, -0.25) is 0 Å². The van der Waals surface area contributed by atoms with Crippen LogP contribution in [-0.4, -0.2) is 26.2 Å². The van der Waals surface area contributed by atoms with Crippen LogP contribution in [0.4, 0.5) is 8.78 Å². The van der Waals surface area contributed by atoms with Crippen molar-refractivity contribution < 1.29 is 13.5 Å². The highest BCUT2D eigenvalue weighted by Crippen LogP contribution is 2.21. The standard InChI is InChI=1S/C12H16F2N2O/c1-17-12-5-10(13)8(4-11(12)14)6-16-9-2-3-15-7-9/h4-5,9,15-16H,2-3,6-7H2,1H3. The number of ether oxygens (including phenoxy) is 1. The number of hydrogen-bond donors (Lipinski definition) is 2. The molecule has 1 aromatic carbocycles. The summed E-state index contributed by atoms with van der Waals surface area (Å²) in [5.41, 5.74) is 0.329. The van der Waals surface area contributed by atoms with Gasteiger partial charge >= 0.3 is 0 Å². The summed E-state index contributed by atoms with van der Waals surface area (Å²) >= 11 is 0. The van der Waals surface area contributed by atoms with Crippen molar-refractivity contribution in [2.45, 2.75) is 19.0 Å². The van der Waals surface area contributed by atoms with Crippen LogP contribution >= 0.6 is 0 Å². The fourth-order valence-corrected chi connectivity index (χ4v) is 1.94. The van der Waals surface area contributed by atoms with Crippen molar-refractivity contribution in [2.75, 3.05) is 20.2 Å². The lowest BCUT2D eigenvalue weighted by atomic mass is 10.1. The minimum Gasteiger partial charge on any atom is -0.494 e. The molecule has 0 aliphatic carbocycles. The predicted molar refractivity (Wildman–Crippen MR) is 61.0 cm³/mol. The van der Waals surface area contributed by atoms with E-state index in [0.29, 0.717) is 18.2 Å². The Morgan fingerprint density at radius 1 is 1.41 bits per heavy atom. The van der Waals surface area contributed by atoms with Crippen molar-refractivity contribution >= 4 is 0 Å². The number of hydrogen-bond acceptors (Lipinski definition) is 3. The Labute approximate surface area is 99.2 Å². The number of rotatable bonds is 4. The molecule has 0 bridgehead atoms. The molecular weight excluding hydrogens is 226 g/mol. The van der Waals surface area contributed by atoms with Gasteiger partial charge in [-0.1, -0.05) is 0 Å². The number of methoxy groups -OCH3 is 1. The van der Waals surface area contributed by atoms with Gasteiger partial charge in [-0.05, 0) is 19.0 Å². The average Bonchev–Trinajstić information content (AvgIpc) is 2.82. The predicted octanol–water partition coefficient (Wildman–Crippen LogP) is 1.42. The smallest absolute Gasteiger partial charge is 0.165 e. The Balaban J connectivity index is 2.02. The molecule has 1 heterocycles. The molecule has 1 fully saturated rings. The van der Waals surface area contributed by atoms with E-state index in [1.165, 1.54) is 13.2 Å². The molecule has 1 aliphatic rings. The summed E-state index contributed by atoms with van der Waals surface area (Å²) in [5, 5.41) is 6.40. The van der Waals surface area contributed by atoms with Crippen LogP contribution in [-0.2, 0) is 6.54 Å². The van der Waals surface area contributed by atoms with Gasteiger partial charge in [0.15, 0.2) is 11.6 Å². The first-order valence-electron chi connectivity index (χ1n) is 5.66. The first-order valence-corrected chi connectivity index (χ1v) is 5.66. The maximum Gasteiger partial charge on any atom is 0.165 e. The summed E-state index contributed by atoms with van der Waals surface area (Å²) in [6.45, 7) is 2.18. The van der Waals surface area contributed by atoms with Gasteiger partial charge in [-0.15, -0.1) is 0 Å². The van der Waals surface area contributed by atoms with E-state index >= 15 is 0 Å². The van der Waals surface area contributed by atoms with Gasteiger partial charge in [0.1, 0.15) is 5.82 Å². The number of nitrogens with one attached hydrogen (secondary N) is 2. The summed E-state index contributed by atoms with van der Waals surface area (Å²) in [4.78, 5) is 0. The van der Waals surface area contributed by atoms with E-state index in [9.17, 15) is 8.78 Å². The van der Waals surface area contributed by atoms with Gasteiger partial charge < -0.3 is 15.4 Å². The van der Waals surface area contributed by atoms with Crippen molar-refractivity contribution in [2.24, 2.45) is 0 Å². The third-order valence-corrected chi connectivity index (χ3v) is 2.96. The Bertz CT molecular complexity index is 392. The van der Waals surface area contributed by atoms with Crippen LogP contribution in [0.25, 0.3) is 0 Å². The van der Waals surface area contributed by atoms with E-state index in [1.54, 1.807) is 0 Å². The topological polar surface area (TPSA) is 33.3 Å². The molecule has 0 aromatic heterocycles.